The van der Waals surface area contributed by atoms with Crippen LogP contribution in [0, 0.1) is 6.92 Å². The van der Waals surface area contributed by atoms with E-state index in [9.17, 15) is 9.59 Å². The highest BCUT2D eigenvalue weighted by atomic mass is 16.5. The number of nitrogens with one attached hydrogen (secondary N) is 1. The molecule has 1 heterocycles. The molecule has 2 aromatic rings. The zero-order valence-corrected chi connectivity index (χ0v) is 12.1. The van der Waals surface area contributed by atoms with Crippen LogP contribution in [-0.2, 0) is 18.1 Å². The van der Waals surface area contributed by atoms with E-state index in [4.69, 9.17) is 4.74 Å². The predicted octanol–water partition coefficient (Wildman–Crippen LogP) is 2.05. The molecule has 1 N–H and O–H groups in total. The molecule has 0 spiro atoms. The Morgan fingerprint density at radius 2 is 1.80 bits per heavy atom. The Morgan fingerprint density at radius 3 is 2.45 bits per heavy atom. The number of H-pyrrole nitrogens is 1. The van der Waals surface area contributed by atoms with Crippen LogP contribution in [0.1, 0.15) is 25.0 Å². The Balaban J connectivity index is 0.000000956. The van der Waals surface area contributed by atoms with Crippen molar-refractivity contribution < 1.29 is 4.74 Å². The van der Waals surface area contributed by atoms with Gasteiger partial charge in [0.25, 0.3) is 5.56 Å². The smallest absolute Gasteiger partial charge is 0.330 e. The maximum absolute atomic E-state index is 11.7. The molecule has 0 aliphatic rings. The van der Waals surface area contributed by atoms with Gasteiger partial charge in [0, 0.05) is 11.8 Å². The zero-order chi connectivity index (χ0) is 15.0. The van der Waals surface area contributed by atoms with E-state index in [-0.39, 0.29) is 12.3 Å². The summed E-state index contributed by atoms with van der Waals surface area (Å²) in [5.74, 6) is 0. The van der Waals surface area contributed by atoms with E-state index in [0.29, 0.717) is 12.2 Å². The molecular weight excluding hydrogens is 256 g/mol. The van der Waals surface area contributed by atoms with Crippen LogP contribution in [-0.4, -0.2) is 9.55 Å². The molecule has 0 aliphatic heterocycles. The van der Waals surface area contributed by atoms with Crippen molar-refractivity contribution in [1.29, 1.82) is 0 Å². The van der Waals surface area contributed by atoms with Crippen LogP contribution in [0.2, 0.25) is 0 Å². The number of benzene rings is 1. The lowest BCUT2D eigenvalue weighted by Crippen LogP contribution is -2.36. The topological polar surface area (TPSA) is 64.1 Å². The van der Waals surface area contributed by atoms with Crippen molar-refractivity contribution in [2.45, 2.75) is 34.1 Å². The Kier molecular flexibility index (Phi) is 6.46. The van der Waals surface area contributed by atoms with E-state index >= 15 is 0 Å². The fraction of sp³-hybridized carbons (Fsp3) is 0.333. The van der Waals surface area contributed by atoms with Gasteiger partial charge in [0.1, 0.15) is 6.73 Å². The third kappa shape index (κ3) is 4.20. The normalized spacial score (nSPS) is 9.75. The average Bonchev–Trinajstić information content (AvgIpc) is 2.50. The SMILES string of the molecule is CC.Cc1c[nH]c(=O)n(COCc2ccccc2)c1=O. The van der Waals surface area contributed by atoms with E-state index in [1.165, 1.54) is 6.20 Å². The molecule has 0 amide bonds. The Labute approximate surface area is 117 Å². The Hall–Kier alpha value is -2.14. The summed E-state index contributed by atoms with van der Waals surface area (Å²) in [5, 5.41) is 0. The molecule has 5 heteroatoms. The van der Waals surface area contributed by atoms with E-state index in [1.807, 2.05) is 44.2 Å². The minimum Gasteiger partial charge on any atom is -0.356 e. The van der Waals surface area contributed by atoms with Gasteiger partial charge in [-0.3, -0.25) is 4.79 Å². The number of hydrogen-bond donors (Lipinski definition) is 1. The highest BCUT2D eigenvalue weighted by molar-refractivity contribution is 5.13. The largest absolute Gasteiger partial charge is 0.356 e. The van der Waals surface area contributed by atoms with Crippen molar-refractivity contribution in [3.8, 4) is 0 Å². The molecule has 0 fully saturated rings. The van der Waals surface area contributed by atoms with Crippen LogP contribution in [0.15, 0.2) is 46.1 Å². The van der Waals surface area contributed by atoms with Crippen molar-refractivity contribution in [3.63, 3.8) is 0 Å². The number of aromatic amines is 1. The third-order valence-corrected chi connectivity index (χ3v) is 2.57. The van der Waals surface area contributed by atoms with Crippen molar-refractivity contribution in [2.24, 2.45) is 0 Å². The number of ether oxygens (including phenoxy) is 1. The first kappa shape index (κ1) is 15.9. The lowest BCUT2D eigenvalue weighted by Gasteiger charge is -2.06. The monoisotopic (exact) mass is 276 g/mol. The van der Waals surface area contributed by atoms with Gasteiger partial charge in [0.2, 0.25) is 0 Å². The quantitative estimate of drug-likeness (QED) is 0.929. The fourth-order valence-electron chi connectivity index (χ4n) is 1.56. The summed E-state index contributed by atoms with van der Waals surface area (Å²) in [6.45, 7) is 5.96. The summed E-state index contributed by atoms with van der Waals surface area (Å²) in [4.78, 5) is 25.6. The first-order chi connectivity index (χ1) is 9.68. The van der Waals surface area contributed by atoms with Crippen LogP contribution < -0.4 is 11.2 Å². The fourth-order valence-corrected chi connectivity index (χ4v) is 1.56. The minimum atomic E-state index is -0.460. The highest BCUT2D eigenvalue weighted by Crippen LogP contribution is 2.00. The van der Waals surface area contributed by atoms with Gasteiger partial charge in [0.15, 0.2) is 0 Å². The summed E-state index contributed by atoms with van der Waals surface area (Å²) in [6, 6.07) is 9.57. The van der Waals surface area contributed by atoms with E-state index in [1.54, 1.807) is 6.92 Å². The van der Waals surface area contributed by atoms with Crippen LogP contribution in [0.25, 0.3) is 0 Å². The molecule has 0 radical (unpaired) electrons. The summed E-state index contributed by atoms with van der Waals surface area (Å²) < 4.78 is 6.41. The number of hydrogen-bond acceptors (Lipinski definition) is 3. The van der Waals surface area contributed by atoms with Crippen LogP contribution in [0.5, 0.6) is 0 Å². The first-order valence-electron chi connectivity index (χ1n) is 6.59. The summed E-state index contributed by atoms with van der Waals surface area (Å²) in [7, 11) is 0. The highest BCUT2D eigenvalue weighted by Gasteiger charge is 2.03. The molecule has 20 heavy (non-hydrogen) atoms. The molecule has 5 nitrogen and oxygen atoms in total. The second-order valence-corrected chi connectivity index (χ2v) is 3.97. The lowest BCUT2D eigenvalue weighted by atomic mass is 10.2. The van der Waals surface area contributed by atoms with Crippen molar-refractivity contribution in [1.82, 2.24) is 9.55 Å². The van der Waals surface area contributed by atoms with Gasteiger partial charge in [-0.15, -0.1) is 0 Å². The molecule has 1 aromatic heterocycles. The van der Waals surface area contributed by atoms with Crippen LogP contribution in [0.3, 0.4) is 0 Å². The third-order valence-electron chi connectivity index (χ3n) is 2.57. The summed E-state index contributed by atoms with van der Waals surface area (Å²) >= 11 is 0. The molecule has 0 saturated carbocycles. The van der Waals surface area contributed by atoms with E-state index < -0.39 is 5.69 Å². The number of rotatable bonds is 4. The number of aromatic nitrogens is 2. The van der Waals surface area contributed by atoms with Gasteiger partial charge < -0.3 is 9.72 Å². The van der Waals surface area contributed by atoms with Gasteiger partial charge in [-0.05, 0) is 12.5 Å². The first-order valence-corrected chi connectivity index (χ1v) is 6.59. The van der Waals surface area contributed by atoms with E-state index in [0.717, 1.165) is 10.1 Å². The molecule has 2 rings (SSSR count). The van der Waals surface area contributed by atoms with Gasteiger partial charge in [-0.1, -0.05) is 44.2 Å². The molecule has 0 atom stereocenters. The van der Waals surface area contributed by atoms with Gasteiger partial charge >= 0.3 is 5.69 Å². The second kappa shape index (κ2) is 8.12. The number of nitrogens with zero attached hydrogens (tertiary/aromatic N) is 1. The molecule has 0 aliphatic carbocycles. The van der Waals surface area contributed by atoms with Crippen molar-refractivity contribution in [2.75, 3.05) is 0 Å². The van der Waals surface area contributed by atoms with Crippen molar-refractivity contribution >= 4 is 0 Å². The molecule has 0 saturated heterocycles. The maximum atomic E-state index is 11.7. The summed E-state index contributed by atoms with van der Waals surface area (Å²) in [5.41, 5.74) is 0.693. The Bertz CT molecular complexity index is 630. The summed E-state index contributed by atoms with van der Waals surface area (Å²) in [6.07, 6.45) is 1.40. The Morgan fingerprint density at radius 1 is 1.15 bits per heavy atom. The molecule has 1 aromatic carbocycles. The molecule has 108 valence electrons. The van der Waals surface area contributed by atoms with Gasteiger partial charge in [0.05, 0.1) is 6.61 Å². The lowest BCUT2D eigenvalue weighted by molar-refractivity contribution is 0.0587. The standard InChI is InChI=1S/C13H14N2O3.C2H6/c1-10-7-14-13(17)15(12(10)16)9-18-8-11-5-3-2-4-6-11;1-2/h2-7H,8-9H2,1H3,(H,14,17);1-2H3. The molecule has 0 unspecified atom stereocenters. The van der Waals surface area contributed by atoms with Crippen LogP contribution in [0.4, 0.5) is 0 Å². The molecule has 0 bridgehead atoms. The number of aryl methyl sites for hydroxylation is 1. The van der Waals surface area contributed by atoms with Gasteiger partial charge in [-0.2, -0.15) is 0 Å². The van der Waals surface area contributed by atoms with Crippen LogP contribution >= 0.6 is 0 Å². The minimum absolute atomic E-state index is 0.0509. The predicted molar refractivity (Wildman–Crippen MR) is 78.6 cm³/mol. The zero-order valence-electron chi connectivity index (χ0n) is 12.1. The van der Waals surface area contributed by atoms with Gasteiger partial charge in [-0.25, -0.2) is 9.36 Å². The van der Waals surface area contributed by atoms with E-state index in [2.05, 4.69) is 4.98 Å². The maximum Gasteiger partial charge on any atom is 0.330 e. The average molecular weight is 276 g/mol. The van der Waals surface area contributed by atoms with Crippen molar-refractivity contribution in [3.05, 3.63) is 68.5 Å². The molecular formula is C15H20N2O3. The second-order valence-electron chi connectivity index (χ2n) is 3.97.